The zero-order valence-corrected chi connectivity index (χ0v) is 13.1. The van der Waals surface area contributed by atoms with Crippen LogP contribution in [0.2, 0.25) is 10.0 Å². The molecule has 4 heteroatoms. The number of benzene rings is 2. The highest BCUT2D eigenvalue weighted by molar-refractivity contribution is 6.42. The lowest BCUT2D eigenvalue weighted by Crippen LogP contribution is -2.23. The Morgan fingerprint density at radius 3 is 2.71 bits per heavy atom. The van der Waals surface area contributed by atoms with Gasteiger partial charge < -0.3 is 10.0 Å². The molecule has 0 saturated carbocycles. The summed E-state index contributed by atoms with van der Waals surface area (Å²) in [6.45, 7) is 1.69. The maximum absolute atomic E-state index is 10.2. The van der Waals surface area contributed by atoms with Gasteiger partial charge in [-0.2, -0.15) is 0 Å². The Hall–Kier alpha value is -1.22. The van der Waals surface area contributed by atoms with Crippen LogP contribution in [0.25, 0.3) is 0 Å². The Morgan fingerprint density at radius 2 is 1.90 bits per heavy atom. The van der Waals surface area contributed by atoms with Crippen molar-refractivity contribution in [2.24, 2.45) is 0 Å². The first kappa shape index (κ1) is 14.7. The Kier molecular flexibility index (Phi) is 4.39. The molecule has 2 aromatic carbocycles. The minimum atomic E-state index is -0.375. The van der Waals surface area contributed by atoms with E-state index < -0.39 is 0 Å². The van der Waals surface area contributed by atoms with Gasteiger partial charge in [0.1, 0.15) is 0 Å². The van der Waals surface area contributed by atoms with Gasteiger partial charge in [0.15, 0.2) is 0 Å². The summed E-state index contributed by atoms with van der Waals surface area (Å²) in [5.41, 5.74) is 3.24. The number of aliphatic hydroxyl groups excluding tert-OH is 1. The van der Waals surface area contributed by atoms with E-state index in [1.54, 1.807) is 0 Å². The molecule has 21 heavy (non-hydrogen) atoms. The highest BCUT2D eigenvalue weighted by Crippen LogP contribution is 2.34. The van der Waals surface area contributed by atoms with E-state index >= 15 is 0 Å². The summed E-state index contributed by atoms with van der Waals surface area (Å²) in [6, 6.07) is 13.8. The fraction of sp³-hybridized carbons (Fsp3) is 0.294. The number of halogens is 2. The Balaban J connectivity index is 1.91. The summed E-state index contributed by atoms with van der Waals surface area (Å²) in [5, 5.41) is 11.4. The van der Waals surface area contributed by atoms with E-state index in [9.17, 15) is 5.11 Å². The number of fused-ring (bicyclic) bond motifs is 1. The second kappa shape index (κ2) is 6.27. The summed E-state index contributed by atoms with van der Waals surface area (Å²) >= 11 is 12.1. The van der Waals surface area contributed by atoms with Crippen LogP contribution in [0.4, 0.5) is 5.69 Å². The molecule has 1 aliphatic heterocycles. The fourth-order valence-corrected chi connectivity index (χ4v) is 3.15. The lowest BCUT2D eigenvalue weighted by atomic mass is 10.0. The summed E-state index contributed by atoms with van der Waals surface area (Å²) < 4.78 is 0. The Bertz CT molecular complexity index is 644. The molecule has 0 spiro atoms. The largest absolute Gasteiger partial charge is 0.388 e. The monoisotopic (exact) mass is 321 g/mol. The van der Waals surface area contributed by atoms with Crippen LogP contribution in [0.1, 0.15) is 30.1 Å². The van der Waals surface area contributed by atoms with Crippen LogP contribution in [0.15, 0.2) is 42.5 Å². The molecule has 1 heterocycles. The van der Waals surface area contributed by atoms with Gasteiger partial charge >= 0.3 is 0 Å². The van der Waals surface area contributed by atoms with E-state index in [1.807, 2.05) is 36.4 Å². The number of hydrogen-bond acceptors (Lipinski definition) is 2. The standard InChI is InChI=1S/C17H17Cl2NO/c18-14-8-7-12(10-15(14)19)11-20-9-3-6-17(21)13-4-1-2-5-16(13)20/h1-2,4-5,7-8,10,17,21H,3,6,9,11H2. The molecular formula is C17H17Cl2NO. The van der Waals surface area contributed by atoms with Crippen molar-refractivity contribution in [3.8, 4) is 0 Å². The predicted octanol–water partition coefficient (Wildman–Crippen LogP) is 4.83. The maximum atomic E-state index is 10.2. The molecule has 0 bridgehead atoms. The van der Waals surface area contributed by atoms with E-state index in [0.29, 0.717) is 10.0 Å². The Labute approximate surface area is 134 Å². The lowest BCUT2D eigenvalue weighted by Gasteiger charge is -2.25. The number of para-hydroxylation sites is 1. The van der Waals surface area contributed by atoms with Gasteiger partial charge in [0.05, 0.1) is 16.1 Å². The first-order valence-electron chi connectivity index (χ1n) is 7.11. The van der Waals surface area contributed by atoms with Crippen LogP contribution in [-0.4, -0.2) is 11.7 Å². The minimum absolute atomic E-state index is 0.375. The van der Waals surface area contributed by atoms with Gasteiger partial charge in [0, 0.05) is 24.3 Å². The fourth-order valence-electron chi connectivity index (χ4n) is 2.83. The number of aliphatic hydroxyl groups is 1. The Morgan fingerprint density at radius 1 is 1.10 bits per heavy atom. The highest BCUT2D eigenvalue weighted by atomic mass is 35.5. The third-order valence-corrected chi connectivity index (χ3v) is 4.64. The molecular weight excluding hydrogens is 305 g/mol. The first-order valence-corrected chi connectivity index (χ1v) is 7.86. The number of nitrogens with zero attached hydrogens (tertiary/aromatic N) is 1. The smallest absolute Gasteiger partial charge is 0.0810 e. The van der Waals surface area contributed by atoms with Gasteiger partial charge in [0.25, 0.3) is 0 Å². The molecule has 0 saturated heterocycles. The molecule has 0 aromatic heterocycles. The number of anilines is 1. The molecule has 1 atom stereocenters. The quantitative estimate of drug-likeness (QED) is 0.856. The van der Waals surface area contributed by atoms with Crippen molar-refractivity contribution in [1.29, 1.82) is 0 Å². The maximum Gasteiger partial charge on any atom is 0.0810 e. The first-order chi connectivity index (χ1) is 10.1. The van der Waals surface area contributed by atoms with Crippen LogP contribution in [0, 0.1) is 0 Å². The van der Waals surface area contributed by atoms with Gasteiger partial charge in [-0.3, -0.25) is 0 Å². The average Bonchev–Trinajstić information content (AvgIpc) is 2.64. The van der Waals surface area contributed by atoms with Crippen molar-refractivity contribution in [3.05, 3.63) is 63.6 Å². The van der Waals surface area contributed by atoms with E-state index in [1.165, 1.54) is 0 Å². The zero-order valence-electron chi connectivity index (χ0n) is 11.6. The summed E-state index contributed by atoms with van der Waals surface area (Å²) in [7, 11) is 0. The normalized spacial score (nSPS) is 18.2. The van der Waals surface area contributed by atoms with E-state index in [0.717, 1.165) is 42.7 Å². The van der Waals surface area contributed by atoms with Crippen LogP contribution in [0.3, 0.4) is 0 Å². The van der Waals surface area contributed by atoms with Gasteiger partial charge in [-0.15, -0.1) is 0 Å². The molecule has 0 aliphatic carbocycles. The predicted molar refractivity (Wildman–Crippen MR) is 88.1 cm³/mol. The van der Waals surface area contributed by atoms with Crippen LogP contribution in [0.5, 0.6) is 0 Å². The third kappa shape index (κ3) is 3.18. The van der Waals surface area contributed by atoms with Crippen molar-refractivity contribution in [2.75, 3.05) is 11.4 Å². The van der Waals surface area contributed by atoms with E-state index in [4.69, 9.17) is 23.2 Å². The summed E-state index contributed by atoms with van der Waals surface area (Å²) in [6.07, 6.45) is 1.39. The molecule has 0 amide bonds. The second-order valence-corrected chi connectivity index (χ2v) is 6.20. The number of rotatable bonds is 2. The van der Waals surface area contributed by atoms with Crippen LogP contribution in [-0.2, 0) is 6.54 Å². The third-order valence-electron chi connectivity index (χ3n) is 3.90. The van der Waals surface area contributed by atoms with Gasteiger partial charge in [-0.05, 0) is 36.6 Å². The molecule has 3 rings (SSSR count). The van der Waals surface area contributed by atoms with Crippen molar-refractivity contribution >= 4 is 28.9 Å². The molecule has 110 valence electrons. The van der Waals surface area contributed by atoms with Crippen molar-refractivity contribution < 1.29 is 5.11 Å². The number of hydrogen-bond donors (Lipinski definition) is 1. The molecule has 0 fully saturated rings. The van der Waals surface area contributed by atoms with Gasteiger partial charge in [-0.1, -0.05) is 47.5 Å². The summed E-state index contributed by atoms with van der Waals surface area (Å²) in [4.78, 5) is 2.30. The molecule has 1 aliphatic rings. The lowest BCUT2D eigenvalue weighted by molar-refractivity contribution is 0.168. The summed E-state index contributed by atoms with van der Waals surface area (Å²) in [5.74, 6) is 0. The van der Waals surface area contributed by atoms with E-state index in [-0.39, 0.29) is 6.10 Å². The SMILES string of the molecule is OC1CCCN(Cc2ccc(Cl)c(Cl)c2)c2ccccc21. The molecule has 0 radical (unpaired) electrons. The van der Waals surface area contributed by atoms with E-state index in [2.05, 4.69) is 11.0 Å². The topological polar surface area (TPSA) is 23.5 Å². The van der Waals surface area contributed by atoms with Gasteiger partial charge in [-0.25, -0.2) is 0 Å². The molecule has 1 N–H and O–H groups in total. The zero-order chi connectivity index (χ0) is 14.8. The average molecular weight is 322 g/mol. The van der Waals surface area contributed by atoms with Crippen molar-refractivity contribution in [2.45, 2.75) is 25.5 Å². The highest BCUT2D eigenvalue weighted by Gasteiger charge is 2.21. The second-order valence-electron chi connectivity index (χ2n) is 5.39. The van der Waals surface area contributed by atoms with Crippen LogP contribution < -0.4 is 4.90 Å². The molecule has 2 nitrogen and oxygen atoms in total. The van der Waals surface area contributed by atoms with Crippen molar-refractivity contribution in [1.82, 2.24) is 0 Å². The van der Waals surface area contributed by atoms with Crippen molar-refractivity contribution in [3.63, 3.8) is 0 Å². The molecule has 1 unspecified atom stereocenters. The molecule has 2 aromatic rings. The van der Waals surface area contributed by atoms with Crippen LogP contribution >= 0.6 is 23.2 Å². The minimum Gasteiger partial charge on any atom is -0.388 e. The van der Waals surface area contributed by atoms with Gasteiger partial charge in [0.2, 0.25) is 0 Å².